The molecule has 0 saturated heterocycles. The van der Waals surface area contributed by atoms with E-state index < -0.39 is 23.5 Å². The number of anilines is 1. The molecule has 0 saturated carbocycles. The van der Waals surface area contributed by atoms with Gasteiger partial charge in [0.15, 0.2) is 0 Å². The van der Waals surface area contributed by atoms with Gasteiger partial charge < -0.3 is 10.5 Å². The lowest BCUT2D eigenvalue weighted by molar-refractivity contribution is -0.142. The van der Waals surface area contributed by atoms with Crippen LogP contribution in [-0.4, -0.2) is 13.1 Å². The summed E-state index contributed by atoms with van der Waals surface area (Å²) in [5, 5.41) is 0. The molecule has 2 N–H and O–H groups in total. The highest BCUT2D eigenvalue weighted by atomic mass is 19.1. The Bertz CT molecular complexity index is 370. The molecule has 82 valence electrons. The van der Waals surface area contributed by atoms with E-state index in [-0.39, 0.29) is 11.3 Å². The molecular weight excluding hydrogens is 204 g/mol. The van der Waals surface area contributed by atoms with Gasteiger partial charge in [0, 0.05) is 11.3 Å². The molecule has 1 rings (SSSR count). The molecule has 0 heterocycles. The Morgan fingerprint density at radius 2 is 1.87 bits per heavy atom. The number of nitrogen functional groups attached to an aromatic ring is 1. The number of methoxy groups -OCH3 is 1. The number of rotatable bonds is 2. The number of hydrogen-bond donors (Lipinski definition) is 1. The second-order valence-corrected chi connectivity index (χ2v) is 3.14. The molecular formula is C10H11F2NO2. The van der Waals surface area contributed by atoms with Crippen LogP contribution in [0.2, 0.25) is 0 Å². The van der Waals surface area contributed by atoms with Crippen molar-refractivity contribution in [1.29, 1.82) is 0 Å². The summed E-state index contributed by atoms with van der Waals surface area (Å²) in [7, 11) is 1.16. The summed E-state index contributed by atoms with van der Waals surface area (Å²) in [6.45, 7) is 1.36. The number of benzene rings is 1. The van der Waals surface area contributed by atoms with E-state index in [1.165, 1.54) is 6.92 Å². The Kier molecular flexibility index (Phi) is 3.24. The third-order valence-electron chi connectivity index (χ3n) is 2.09. The summed E-state index contributed by atoms with van der Waals surface area (Å²) < 4.78 is 31.1. The maximum absolute atomic E-state index is 13.3. The van der Waals surface area contributed by atoms with Crippen molar-refractivity contribution in [3.63, 3.8) is 0 Å². The zero-order chi connectivity index (χ0) is 11.6. The lowest BCUT2D eigenvalue weighted by atomic mass is 9.99. The quantitative estimate of drug-likeness (QED) is 0.604. The first-order valence-electron chi connectivity index (χ1n) is 4.29. The van der Waals surface area contributed by atoms with Gasteiger partial charge >= 0.3 is 5.97 Å². The SMILES string of the molecule is COC(=O)C(C)c1c(F)cc(N)cc1F. The maximum atomic E-state index is 13.3. The fraction of sp³-hybridized carbons (Fsp3) is 0.300. The molecule has 0 amide bonds. The predicted octanol–water partition coefficient (Wildman–Crippen LogP) is 1.82. The molecule has 0 fully saturated rings. The molecule has 5 heteroatoms. The topological polar surface area (TPSA) is 52.3 Å². The van der Waals surface area contributed by atoms with Gasteiger partial charge in [-0.2, -0.15) is 0 Å². The Balaban J connectivity index is 3.19. The number of esters is 1. The molecule has 0 spiro atoms. The highest BCUT2D eigenvalue weighted by molar-refractivity contribution is 5.77. The van der Waals surface area contributed by atoms with Gasteiger partial charge in [-0.15, -0.1) is 0 Å². The van der Waals surface area contributed by atoms with E-state index in [2.05, 4.69) is 4.74 Å². The van der Waals surface area contributed by atoms with Gasteiger partial charge in [-0.05, 0) is 19.1 Å². The molecule has 1 aromatic rings. The smallest absolute Gasteiger partial charge is 0.313 e. The first-order chi connectivity index (χ1) is 6.97. The van der Waals surface area contributed by atoms with Crippen molar-refractivity contribution in [2.75, 3.05) is 12.8 Å². The normalized spacial score (nSPS) is 12.3. The van der Waals surface area contributed by atoms with Crippen LogP contribution in [0.25, 0.3) is 0 Å². The molecule has 0 bridgehead atoms. The first kappa shape index (κ1) is 11.4. The molecule has 0 aliphatic heterocycles. The standard InChI is InChI=1S/C10H11F2NO2/c1-5(10(14)15-2)9-7(11)3-6(13)4-8(9)12/h3-5H,13H2,1-2H3. The van der Waals surface area contributed by atoms with Crippen molar-refractivity contribution in [3.8, 4) is 0 Å². The minimum atomic E-state index is -0.990. The third-order valence-corrected chi connectivity index (χ3v) is 2.09. The van der Waals surface area contributed by atoms with Crippen LogP contribution in [0, 0.1) is 11.6 Å². The fourth-order valence-electron chi connectivity index (χ4n) is 1.31. The summed E-state index contributed by atoms with van der Waals surface area (Å²) in [6.07, 6.45) is 0. The number of halogens is 2. The first-order valence-corrected chi connectivity index (χ1v) is 4.29. The summed E-state index contributed by atoms with van der Waals surface area (Å²) in [5.41, 5.74) is 4.90. The summed E-state index contributed by atoms with van der Waals surface area (Å²) in [5.74, 6) is -3.37. The number of nitrogens with two attached hydrogens (primary N) is 1. The van der Waals surface area contributed by atoms with Crippen molar-refractivity contribution < 1.29 is 18.3 Å². The number of carbonyl (C=O) groups is 1. The van der Waals surface area contributed by atoms with E-state index in [0.717, 1.165) is 19.2 Å². The predicted molar refractivity (Wildman–Crippen MR) is 51.2 cm³/mol. The molecule has 1 aromatic carbocycles. The number of carbonyl (C=O) groups excluding carboxylic acids is 1. The molecule has 3 nitrogen and oxygen atoms in total. The zero-order valence-electron chi connectivity index (χ0n) is 8.38. The van der Waals surface area contributed by atoms with Gasteiger partial charge in [0.25, 0.3) is 0 Å². The Labute approximate surface area is 85.8 Å². The van der Waals surface area contributed by atoms with Crippen molar-refractivity contribution >= 4 is 11.7 Å². The Morgan fingerprint density at radius 3 is 2.27 bits per heavy atom. The highest BCUT2D eigenvalue weighted by Crippen LogP contribution is 2.25. The van der Waals surface area contributed by atoms with Crippen LogP contribution in [0.1, 0.15) is 18.4 Å². The largest absolute Gasteiger partial charge is 0.469 e. The van der Waals surface area contributed by atoms with Crippen molar-refractivity contribution in [3.05, 3.63) is 29.3 Å². The third kappa shape index (κ3) is 2.23. The second kappa shape index (κ2) is 4.25. The summed E-state index contributed by atoms with van der Waals surface area (Å²) in [6, 6.07) is 1.94. The van der Waals surface area contributed by atoms with E-state index >= 15 is 0 Å². The van der Waals surface area contributed by atoms with Crippen LogP contribution in [0.5, 0.6) is 0 Å². The van der Waals surface area contributed by atoms with Gasteiger partial charge in [-0.25, -0.2) is 8.78 Å². The van der Waals surface area contributed by atoms with Crippen molar-refractivity contribution in [2.45, 2.75) is 12.8 Å². The Hall–Kier alpha value is -1.65. The maximum Gasteiger partial charge on any atom is 0.313 e. The molecule has 0 radical (unpaired) electrons. The van der Waals surface area contributed by atoms with Crippen LogP contribution in [0.3, 0.4) is 0 Å². The van der Waals surface area contributed by atoms with Gasteiger partial charge in [-0.1, -0.05) is 0 Å². The van der Waals surface area contributed by atoms with Crippen molar-refractivity contribution in [1.82, 2.24) is 0 Å². The molecule has 15 heavy (non-hydrogen) atoms. The molecule has 0 aliphatic rings. The van der Waals surface area contributed by atoms with E-state index in [0.29, 0.717) is 0 Å². The van der Waals surface area contributed by atoms with E-state index in [9.17, 15) is 13.6 Å². The molecule has 0 aliphatic carbocycles. The van der Waals surface area contributed by atoms with E-state index in [1.807, 2.05) is 0 Å². The van der Waals surface area contributed by atoms with Crippen molar-refractivity contribution in [2.24, 2.45) is 0 Å². The zero-order valence-corrected chi connectivity index (χ0v) is 8.38. The van der Waals surface area contributed by atoms with Crippen LogP contribution in [0.4, 0.5) is 14.5 Å². The van der Waals surface area contributed by atoms with E-state index in [4.69, 9.17) is 5.73 Å². The second-order valence-electron chi connectivity index (χ2n) is 3.14. The summed E-state index contributed by atoms with van der Waals surface area (Å²) in [4.78, 5) is 11.1. The molecule has 1 unspecified atom stereocenters. The van der Waals surface area contributed by atoms with Crippen LogP contribution >= 0.6 is 0 Å². The number of hydrogen-bond acceptors (Lipinski definition) is 3. The molecule has 1 atom stereocenters. The lowest BCUT2D eigenvalue weighted by Crippen LogP contribution is -2.14. The highest BCUT2D eigenvalue weighted by Gasteiger charge is 2.23. The number of ether oxygens (including phenoxy) is 1. The van der Waals surface area contributed by atoms with Crippen LogP contribution in [-0.2, 0) is 9.53 Å². The fourth-order valence-corrected chi connectivity index (χ4v) is 1.31. The monoisotopic (exact) mass is 215 g/mol. The Morgan fingerprint density at radius 1 is 1.40 bits per heavy atom. The van der Waals surface area contributed by atoms with Gasteiger partial charge in [0.2, 0.25) is 0 Å². The summed E-state index contributed by atoms with van der Waals surface area (Å²) >= 11 is 0. The van der Waals surface area contributed by atoms with Crippen LogP contribution < -0.4 is 5.73 Å². The van der Waals surface area contributed by atoms with Gasteiger partial charge in [0.05, 0.1) is 13.0 Å². The lowest BCUT2D eigenvalue weighted by Gasteiger charge is -2.11. The van der Waals surface area contributed by atoms with Crippen LogP contribution in [0.15, 0.2) is 12.1 Å². The van der Waals surface area contributed by atoms with Gasteiger partial charge in [-0.3, -0.25) is 4.79 Å². The molecule has 0 aromatic heterocycles. The van der Waals surface area contributed by atoms with E-state index in [1.54, 1.807) is 0 Å². The van der Waals surface area contributed by atoms with Gasteiger partial charge in [0.1, 0.15) is 11.6 Å². The average Bonchev–Trinajstić information content (AvgIpc) is 2.14. The minimum Gasteiger partial charge on any atom is -0.469 e. The minimum absolute atomic E-state index is 0.0224. The average molecular weight is 215 g/mol.